The standard InChI is InChI=1S/C20H27N3O/c1-16(18-12-8-9-13-19(18)24-4)14-22-20(21-2)23(3)15-17-10-6-5-7-11-17/h5-13,16H,14-15H2,1-4H3,(H,21,22). The molecule has 0 aromatic heterocycles. The Morgan fingerprint density at radius 2 is 1.79 bits per heavy atom. The van der Waals surface area contributed by atoms with Crippen molar-refractivity contribution in [3.63, 3.8) is 0 Å². The van der Waals surface area contributed by atoms with E-state index in [1.54, 1.807) is 7.11 Å². The van der Waals surface area contributed by atoms with Crippen molar-refractivity contribution in [1.82, 2.24) is 10.2 Å². The summed E-state index contributed by atoms with van der Waals surface area (Å²) >= 11 is 0. The lowest BCUT2D eigenvalue weighted by Gasteiger charge is -2.24. The molecule has 2 rings (SSSR count). The molecule has 2 aromatic carbocycles. The highest BCUT2D eigenvalue weighted by Gasteiger charge is 2.13. The molecule has 2 aromatic rings. The van der Waals surface area contributed by atoms with E-state index in [-0.39, 0.29) is 0 Å². The first-order valence-corrected chi connectivity index (χ1v) is 8.24. The zero-order valence-electron chi connectivity index (χ0n) is 15.0. The van der Waals surface area contributed by atoms with Gasteiger partial charge in [0, 0.05) is 33.1 Å². The molecule has 0 fully saturated rings. The molecular weight excluding hydrogens is 298 g/mol. The van der Waals surface area contributed by atoms with E-state index in [2.05, 4.69) is 59.5 Å². The molecule has 1 unspecified atom stereocenters. The van der Waals surface area contributed by atoms with E-state index in [0.29, 0.717) is 5.92 Å². The summed E-state index contributed by atoms with van der Waals surface area (Å²) in [5.41, 5.74) is 2.47. The summed E-state index contributed by atoms with van der Waals surface area (Å²) in [5, 5.41) is 3.46. The zero-order valence-corrected chi connectivity index (χ0v) is 15.0. The number of benzene rings is 2. The van der Waals surface area contributed by atoms with Crippen molar-refractivity contribution in [3.8, 4) is 5.75 Å². The third kappa shape index (κ3) is 4.75. The Morgan fingerprint density at radius 3 is 2.46 bits per heavy atom. The fraction of sp³-hybridized carbons (Fsp3) is 0.350. The van der Waals surface area contributed by atoms with E-state index in [1.165, 1.54) is 11.1 Å². The fourth-order valence-electron chi connectivity index (χ4n) is 2.74. The number of hydrogen-bond donors (Lipinski definition) is 1. The van der Waals surface area contributed by atoms with Crippen LogP contribution in [0, 0.1) is 0 Å². The number of nitrogens with zero attached hydrogens (tertiary/aromatic N) is 2. The van der Waals surface area contributed by atoms with Gasteiger partial charge in [-0.25, -0.2) is 0 Å². The monoisotopic (exact) mass is 325 g/mol. The maximum absolute atomic E-state index is 5.46. The molecule has 0 saturated heterocycles. The Labute approximate surface area is 145 Å². The van der Waals surface area contributed by atoms with Crippen LogP contribution in [0.1, 0.15) is 24.0 Å². The van der Waals surface area contributed by atoms with Crippen molar-refractivity contribution in [3.05, 3.63) is 65.7 Å². The van der Waals surface area contributed by atoms with E-state index in [4.69, 9.17) is 4.74 Å². The normalized spacial score (nSPS) is 12.6. The van der Waals surface area contributed by atoms with Gasteiger partial charge in [-0.3, -0.25) is 4.99 Å². The molecule has 0 aliphatic carbocycles. The third-order valence-electron chi connectivity index (χ3n) is 4.07. The minimum atomic E-state index is 0.322. The second-order valence-corrected chi connectivity index (χ2v) is 5.91. The molecule has 1 atom stereocenters. The summed E-state index contributed by atoms with van der Waals surface area (Å²) in [7, 11) is 5.58. The maximum Gasteiger partial charge on any atom is 0.193 e. The van der Waals surface area contributed by atoms with Gasteiger partial charge in [0.15, 0.2) is 5.96 Å². The zero-order chi connectivity index (χ0) is 17.4. The number of ether oxygens (including phenoxy) is 1. The molecule has 1 N–H and O–H groups in total. The van der Waals surface area contributed by atoms with Crippen LogP contribution in [0.25, 0.3) is 0 Å². The first-order chi connectivity index (χ1) is 11.7. The van der Waals surface area contributed by atoms with Crippen molar-refractivity contribution in [2.24, 2.45) is 4.99 Å². The van der Waals surface area contributed by atoms with Crippen LogP contribution in [0.3, 0.4) is 0 Å². The Hall–Kier alpha value is -2.49. The molecule has 128 valence electrons. The Bertz CT molecular complexity index is 655. The van der Waals surface area contributed by atoms with Crippen molar-refractivity contribution < 1.29 is 4.74 Å². The van der Waals surface area contributed by atoms with Crippen LogP contribution in [0.2, 0.25) is 0 Å². The quantitative estimate of drug-likeness (QED) is 0.652. The van der Waals surface area contributed by atoms with Crippen LogP contribution in [-0.2, 0) is 6.54 Å². The molecular formula is C20H27N3O. The van der Waals surface area contributed by atoms with Crippen molar-refractivity contribution >= 4 is 5.96 Å². The van der Waals surface area contributed by atoms with Gasteiger partial charge in [-0.15, -0.1) is 0 Å². The van der Waals surface area contributed by atoms with Crippen molar-refractivity contribution in [2.75, 3.05) is 27.7 Å². The highest BCUT2D eigenvalue weighted by molar-refractivity contribution is 5.79. The number of guanidine groups is 1. The van der Waals surface area contributed by atoms with E-state index in [0.717, 1.165) is 24.8 Å². The van der Waals surface area contributed by atoms with Crippen LogP contribution in [0.15, 0.2) is 59.6 Å². The lowest BCUT2D eigenvalue weighted by molar-refractivity contribution is 0.405. The minimum Gasteiger partial charge on any atom is -0.496 e. The molecule has 4 nitrogen and oxygen atoms in total. The van der Waals surface area contributed by atoms with Gasteiger partial charge in [0.2, 0.25) is 0 Å². The third-order valence-corrected chi connectivity index (χ3v) is 4.07. The van der Waals surface area contributed by atoms with Gasteiger partial charge in [0.25, 0.3) is 0 Å². The molecule has 24 heavy (non-hydrogen) atoms. The van der Waals surface area contributed by atoms with Crippen LogP contribution < -0.4 is 10.1 Å². The predicted octanol–water partition coefficient (Wildman–Crippen LogP) is 3.51. The first-order valence-electron chi connectivity index (χ1n) is 8.24. The highest BCUT2D eigenvalue weighted by atomic mass is 16.5. The summed E-state index contributed by atoms with van der Waals surface area (Å²) in [5.74, 6) is 2.14. The van der Waals surface area contributed by atoms with E-state index >= 15 is 0 Å². The maximum atomic E-state index is 5.46. The van der Waals surface area contributed by atoms with Gasteiger partial charge in [-0.2, -0.15) is 0 Å². The minimum absolute atomic E-state index is 0.322. The molecule has 0 heterocycles. The molecule has 0 aliphatic heterocycles. The van der Waals surface area contributed by atoms with Crippen molar-refractivity contribution in [2.45, 2.75) is 19.4 Å². The van der Waals surface area contributed by atoms with E-state index in [9.17, 15) is 0 Å². The van der Waals surface area contributed by atoms with Crippen molar-refractivity contribution in [1.29, 1.82) is 0 Å². The number of rotatable bonds is 6. The van der Waals surface area contributed by atoms with Crippen LogP contribution >= 0.6 is 0 Å². The lowest BCUT2D eigenvalue weighted by atomic mass is 10.0. The first kappa shape index (κ1) is 17.9. The molecule has 0 aliphatic rings. The summed E-state index contributed by atoms with van der Waals surface area (Å²) in [6, 6.07) is 18.6. The summed E-state index contributed by atoms with van der Waals surface area (Å²) in [6.45, 7) is 3.81. The number of methoxy groups -OCH3 is 1. The number of hydrogen-bond acceptors (Lipinski definition) is 2. The predicted molar refractivity (Wildman–Crippen MR) is 101 cm³/mol. The SMILES string of the molecule is CN=C(NCC(C)c1ccccc1OC)N(C)Cc1ccccc1. The summed E-state index contributed by atoms with van der Waals surface area (Å²) in [4.78, 5) is 6.52. The average molecular weight is 325 g/mol. The molecule has 4 heteroatoms. The molecule has 0 bridgehead atoms. The fourth-order valence-corrected chi connectivity index (χ4v) is 2.74. The second-order valence-electron chi connectivity index (χ2n) is 5.91. The molecule has 0 saturated carbocycles. The number of para-hydroxylation sites is 1. The molecule has 0 amide bonds. The smallest absolute Gasteiger partial charge is 0.193 e. The second kappa shape index (κ2) is 8.96. The van der Waals surface area contributed by atoms with Crippen LogP contribution in [-0.4, -0.2) is 38.6 Å². The van der Waals surface area contributed by atoms with Gasteiger partial charge in [-0.1, -0.05) is 55.5 Å². The van der Waals surface area contributed by atoms with Crippen LogP contribution in [0.5, 0.6) is 5.75 Å². The van der Waals surface area contributed by atoms with Gasteiger partial charge >= 0.3 is 0 Å². The van der Waals surface area contributed by atoms with Crippen LogP contribution in [0.4, 0.5) is 0 Å². The topological polar surface area (TPSA) is 36.9 Å². The van der Waals surface area contributed by atoms with Gasteiger partial charge < -0.3 is 15.0 Å². The lowest BCUT2D eigenvalue weighted by Crippen LogP contribution is -2.40. The Balaban J connectivity index is 1.95. The number of aliphatic imine (C=N–C) groups is 1. The van der Waals surface area contributed by atoms with Gasteiger partial charge in [0.05, 0.1) is 7.11 Å². The molecule has 0 spiro atoms. The number of nitrogens with one attached hydrogen (secondary N) is 1. The average Bonchev–Trinajstić information content (AvgIpc) is 2.62. The Morgan fingerprint density at radius 1 is 1.12 bits per heavy atom. The summed E-state index contributed by atoms with van der Waals surface area (Å²) in [6.07, 6.45) is 0. The Kier molecular flexibility index (Phi) is 6.67. The summed E-state index contributed by atoms with van der Waals surface area (Å²) < 4.78 is 5.46. The van der Waals surface area contributed by atoms with Gasteiger partial charge in [0.1, 0.15) is 5.75 Å². The van der Waals surface area contributed by atoms with E-state index in [1.807, 2.05) is 31.3 Å². The van der Waals surface area contributed by atoms with Gasteiger partial charge in [-0.05, 0) is 17.2 Å². The molecule has 0 radical (unpaired) electrons. The largest absolute Gasteiger partial charge is 0.496 e. The van der Waals surface area contributed by atoms with E-state index < -0.39 is 0 Å². The highest BCUT2D eigenvalue weighted by Crippen LogP contribution is 2.25.